The molecule has 2 aromatic heterocycles. The SMILES string of the molecule is O=C(Nc1cccc2[nH]nc(C(=O)O)c12)c1ccc(-n2cccn2)cc1.O=C(O)C(F)(F)F. The van der Waals surface area contributed by atoms with Gasteiger partial charge in [-0.1, -0.05) is 6.07 Å². The highest BCUT2D eigenvalue weighted by atomic mass is 19.4. The Kier molecular flexibility index (Phi) is 6.42. The van der Waals surface area contributed by atoms with Crippen LogP contribution in [0, 0.1) is 0 Å². The lowest BCUT2D eigenvalue weighted by molar-refractivity contribution is -0.192. The number of carboxylic acid groups (broad SMARTS) is 2. The van der Waals surface area contributed by atoms with Crippen molar-refractivity contribution in [1.29, 1.82) is 0 Å². The predicted octanol–water partition coefficient (Wildman–Crippen LogP) is 3.33. The Labute approximate surface area is 182 Å². The second-order valence-corrected chi connectivity index (χ2v) is 6.36. The van der Waals surface area contributed by atoms with E-state index in [0.29, 0.717) is 22.2 Å². The van der Waals surface area contributed by atoms with E-state index in [1.54, 1.807) is 53.3 Å². The van der Waals surface area contributed by atoms with Gasteiger partial charge < -0.3 is 15.5 Å². The van der Waals surface area contributed by atoms with Crippen LogP contribution in [0.1, 0.15) is 20.8 Å². The number of carbonyl (C=O) groups is 3. The summed E-state index contributed by atoms with van der Waals surface area (Å²) in [5, 5.41) is 30.1. The van der Waals surface area contributed by atoms with Gasteiger partial charge in [0.1, 0.15) is 0 Å². The van der Waals surface area contributed by atoms with Crippen molar-refractivity contribution < 1.29 is 37.8 Å². The molecule has 4 rings (SSSR count). The highest BCUT2D eigenvalue weighted by Gasteiger charge is 2.38. The average Bonchev–Trinajstić information content (AvgIpc) is 3.44. The molecule has 0 atom stereocenters. The van der Waals surface area contributed by atoms with Gasteiger partial charge in [-0.25, -0.2) is 14.3 Å². The summed E-state index contributed by atoms with van der Waals surface area (Å²) >= 11 is 0. The van der Waals surface area contributed by atoms with Crippen LogP contribution in [-0.4, -0.2) is 54.2 Å². The summed E-state index contributed by atoms with van der Waals surface area (Å²) in [4.78, 5) is 32.8. The Bertz CT molecular complexity index is 1300. The number of aliphatic carboxylic acids is 1. The molecule has 33 heavy (non-hydrogen) atoms. The van der Waals surface area contributed by atoms with E-state index in [9.17, 15) is 27.9 Å². The number of anilines is 1. The number of carbonyl (C=O) groups excluding carboxylic acids is 1. The molecule has 2 heterocycles. The van der Waals surface area contributed by atoms with Crippen LogP contribution < -0.4 is 5.32 Å². The van der Waals surface area contributed by atoms with E-state index in [4.69, 9.17) is 9.90 Å². The third kappa shape index (κ3) is 5.33. The number of nitrogens with one attached hydrogen (secondary N) is 2. The molecule has 170 valence electrons. The molecule has 0 saturated carbocycles. The molecular weight excluding hydrogens is 447 g/mol. The lowest BCUT2D eigenvalue weighted by Crippen LogP contribution is -2.21. The number of carboxylic acids is 2. The summed E-state index contributed by atoms with van der Waals surface area (Å²) in [6.07, 6.45) is -1.60. The minimum Gasteiger partial charge on any atom is -0.476 e. The summed E-state index contributed by atoms with van der Waals surface area (Å²) in [6, 6.07) is 13.8. The van der Waals surface area contributed by atoms with Crippen molar-refractivity contribution in [2.45, 2.75) is 6.18 Å². The van der Waals surface area contributed by atoms with Gasteiger partial charge in [-0.2, -0.15) is 23.4 Å². The highest BCUT2D eigenvalue weighted by molar-refractivity contribution is 6.13. The third-order valence-electron chi connectivity index (χ3n) is 4.18. The van der Waals surface area contributed by atoms with E-state index in [0.717, 1.165) is 5.69 Å². The van der Waals surface area contributed by atoms with Crippen molar-refractivity contribution in [1.82, 2.24) is 20.0 Å². The minimum atomic E-state index is -5.08. The largest absolute Gasteiger partial charge is 0.490 e. The zero-order valence-corrected chi connectivity index (χ0v) is 16.4. The van der Waals surface area contributed by atoms with Crippen molar-refractivity contribution in [3.63, 3.8) is 0 Å². The van der Waals surface area contributed by atoms with Gasteiger partial charge in [-0.05, 0) is 42.5 Å². The van der Waals surface area contributed by atoms with Crippen molar-refractivity contribution >= 4 is 34.4 Å². The Hall–Kier alpha value is -4.68. The number of rotatable bonds is 4. The first-order valence-corrected chi connectivity index (χ1v) is 9.00. The van der Waals surface area contributed by atoms with Crippen LogP contribution in [0.2, 0.25) is 0 Å². The zero-order valence-electron chi connectivity index (χ0n) is 16.4. The van der Waals surface area contributed by atoms with Crippen LogP contribution in [0.15, 0.2) is 60.9 Å². The van der Waals surface area contributed by atoms with Crippen LogP contribution in [0.3, 0.4) is 0 Å². The molecule has 0 spiro atoms. The van der Waals surface area contributed by atoms with Gasteiger partial charge in [0.2, 0.25) is 0 Å². The summed E-state index contributed by atoms with van der Waals surface area (Å²) in [6.45, 7) is 0. The molecule has 0 bridgehead atoms. The van der Waals surface area contributed by atoms with Crippen LogP contribution in [0.25, 0.3) is 16.6 Å². The van der Waals surface area contributed by atoms with Crippen molar-refractivity contribution in [2.75, 3.05) is 5.32 Å². The van der Waals surface area contributed by atoms with E-state index in [-0.39, 0.29) is 11.6 Å². The maximum absolute atomic E-state index is 12.5. The molecule has 10 nitrogen and oxygen atoms in total. The smallest absolute Gasteiger partial charge is 0.476 e. The number of amides is 1. The van der Waals surface area contributed by atoms with Crippen molar-refractivity contribution in [2.24, 2.45) is 0 Å². The number of benzene rings is 2. The fourth-order valence-electron chi connectivity index (χ4n) is 2.71. The first kappa shape index (κ1) is 23.0. The maximum Gasteiger partial charge on any atom is 0.490 e. The summed E-state index contributed by atoms with van der Waals surface area (Å²) in [5.41, 5.74) is 2.06. The first-order chi connectivity index (χ1) is 15.6. The molecule has 0 aliphatic carbocycles. The molecule has 0 aliphatic rings. The fraction of sp³-hybridized carbons (Fsp3) is 0.0500. The summed E-state index contributed by atoms with van der Waals surface area (Å²) in [7, 11) is 0. The normalized spacial score (nSPS) is 10.9. The van der Waals surface area contributed by atoms with Gasteiger partial charge >= 0.3 is 18.1 Å². The molecule has 4 aromatic rings. The number of hydrogen-bond donors (Lipinski definition) is 4. The van der Waals surface area contributed by atoms with Crippen molar-refractivity contribution in [3.8, 4) is 5.69 Å². The molecule has 1 amide bonds. The summed E-state index contributed by atoms with van der Waals surface area (Å²) in [5.74, 6) is -4.27. The lowest BCUT2D eigenvalue weighted by Gasteiger charge is -2.08. The highest BCUT2D eigenvalue weighted by Crippen LogP contribution is 2.26. The Morgan fingerprint density at radius 1 is 1.00 bits per heavy atom. The van der Waals surface area contributed by atoms with Crippen LogP contribution >= 0.6 is 0 Å². The van der Waals surface area contributed by atoms with Gasteiger partial charge in [0, 0.05) is 18.0 Å². The molecule has 0 fully saturated rings. The number of nitrogens with zero attached hydrogens (tertiary/aromatic N) is 3. The number of aromatic carboxylic acids is 1. The number of hydrogen-bond acceptors (Lipinski definition) is 5. The van der Waals surface area contributed by atoms with E-state index < -0.39 is 18.1 Å². The molecule has 0 aliphatic heterocycles. The molecule has 4 N–H and O–H groups in total. The minimum absolute atomic E-state index is 0.134. The maximum atomic E-state index is 12.5. The van der Waals surface area contributed by atoms with Gasteiger partial charge in [0.05, 0.1) is 22.3 Å². The fourth-order valence-corrected chi connectivity index (χ4v) is 2.71. The molecular formula is C20H14F3N5O5. The standard InChI is InChI=1S/C18H13N5O3.C2HF3O2/c24-17(11-5-7-12(8-6-11)23-10-2-9-19-23)20-13-3-1-4-14-15(13)16(18(25)26)22-21-14;3-2(4,5)1(6)7/h1-10H,(H,20,24)(H,21,22)(H,25,26);(H,6,7). The zero-order chi connectivity index (χ0) is 24.2. The second-order valence-electron chi connectivity index (χ2n) is 6.36. The molecule has 0 saturated heterocycles. The Morgan fingerprint density at radius 3 is 2.21 bits per heavy atom. The average molecular weight is 461 g/mol. The Morgan fingerprint density at radius 2 is 1.67 bits per heavy atom. The van der Waals surface area contributed by atoms with Gasteiger partial charge in [-0.15, -0.1) is 0 Å². The van der Waals surface area contributed by atoms with Gasteiger partial charge in [0.15, 0.2) is 5.69 Å². The van der Waals surface area contributed by atoms with E-state index in [1.165, 1.54) is 0 Å². The molecule has 2 aromatic carbocycles. The van der Waals surface area contributed by atoms with E-state index in [2.05, 4.69) is 20.6 Å². The monoisotopic (exact) mass is 461 g/mol. The number of aromatic nitrogens is 4. The van der Waals surface area contributed by atoms with Crippen molar-refractivity contribution in [3.05, 3.63) is 72.2 Å². The lowest BCUT2D eigenvalue weighted by atomic mass is 10.1. The number of aromatic amines is 1. The predicted molar refractivity (Wildman–Crippen MR) is 108 cm³/mol. The quantitative estimate of drug-likeness (QED) is 0.364. The third-order valence-corrected chi connectivity index (χ3v) is 4.18. The second kappa shape index (κ2) is 9.21. The van der Waals surface area contributed by atoms with Gasteiger partial charge in [0.25, 0.3) is 5.91 Å². The van der Waals surface area contributed by atoms with Crippen LogP contribution in [0.5, 0.6) is 0 Å². The van der Waals surface area contributed by atoms with Gasteiger partial charge in [-0.3, -0.25) is 9.89 Å². The van der Waals surface area contributed by atoms with E-state index >= 15 is 0 Å². The molecule has 0 unspecified atom stereocenters. The number of fused-ring (bicyclic) bond motifs is 1. The number of H-pyrrole nitrogens is 1. The van der Waals surface area contributed by atoms with Crippen LogP contribution in [0.4, 0.5) is 18.9 Å². The molecule has 0 radical (unpaired) electrons. The van der Waals surface area contributed by atoms with Crippen LogP contribution in [-0.2, 0) is 4.79 Å². The first-order valence-electron chi connectivity index (χ1n) is 9.00. The molecule has 13 heteroatoms. The number of alkyl halides is 3. The summed E-state index contributed by atoms with van der Waals surface area (Å²) < 4.78 is 33.4. The number of halogens is 3. The van der Waals surface area contributed by atoms with E-state index in [1.807, 2.05) is 12.3 Å². The topological polar surface area (TPSA) is 150 Å². The Balaban J connectivity index is 0.000000383.